The van der Waals surface area contributed by atoms with E-state index in [1.165, 1.54) is 16.7 Å². The average molecular weight is 551 g/mol. The molecule has 0 saturated heterocycles. The lowest BCUT2D eigenvalue weighted by atomic mass is 9.92. The van der Waals surface area contributed by atoms with Crippen molar-refractivity contribution in [1.29, 1.82) is 0 Å². The molecule has 0 fully saturated rings. The van der Waals surface area contributed by atoms with Crippen LogP contribution < -0.4 is 15.6 Å². The monoisotopic (exact) mass is 550 g/mol. The van der Waals surface area contributed by atoms with E-state index in [0.29, 0.717) is 16.6 Å². The summed E-state index contributed by atoms with van der Waals surface area (Å²) in [6, 6.07) is 10.3. The van der Waals surface area contributed by atoms with Crippen LogP contribution in [0.5, 0.6) is 5.75 Å². The smallest absolute Gasteiger partial charge is 0.471 e. The summed E-state index contributed by atoms with van der Waals surface area (Å²) in [5.74, 6) is -3.14. The Balaban J connectivity index is 1.74. The molecule has 0 aliphatic carbocycles. The number of carbonyl (C=O) groups is 1. The van der Waals surface area contributed by atoms with Crippen molar-refractivity contribution in [2.75, 3.05) is 0 Å². The quantitative estimate of drug-likeness (QED) is 0.315. The number of benzene rings is 2. The maximum atomic E-state index is 14.2. The molecule has 1 unspecified atom stereocenters. The predicted octanol–water partition coefficient (Wildman–Crippen LogP) is 5.34. The van der Waals surface area contributed by atoms with Gasteiger partial charge in [-0.05, 0) is 53.9 Å². The second-order valence-electron chi connectivity index (χ2n) is 9.10. The van der Waals surface area contributed by atoms with Crippen molar-refractivity contribution in [2.24, 2.45) is 13.0 Å². The Kier molecular flexibility index (Phi) is 7.50. The summed E-state index contributed by atoms with van der Waals surface area (Å²) in [4.78, 5) is 23.6. The Labute approximate surface area is 219 Å². The molecule has 0 spiro atoms. The Morgan fingerprint density at radius 3 is 2.47 bits per heavy atom. The van der Waals surface area contributed by atoms with Gasteiger partial charge in [0.15, 0.2) is 0 Å². The van der Waals surface area contributed by atoms with E-state index >= 15 is 0 Å². The first-order valence-electron chi connectivity index (χ1n) is 11.5. The lowest BCUT2D eigenvalue weighted by Crippen LogP contribution is -2.49. The number of hydrogen-bond donors (Lipinski definition) is 1. The van der Waals surface area contributed by atoms with E-state index in [4.69, 9.17) is 16.3 Å². The van der Waals surface area contributed by atoms with Crippen molar-refractivity contribution in [3.05, 3.63) is 87.7 Å². The van der Waals surface area contributed by atoms with Gasteiger partial charge in [0.05, 0.1) is 23.4 Å². The molecule has 0 aliphatic rings. The molecule has 4 aromatic rings. The van der Waals surface area contributed by atoms with Gasteiger partial charge in [0.1, 0.15) is 17.7 Å². The lowest BCUT2D eigenvalue weighted by Gasteiger charge is -2.32. The van der Waals surface area contributed by atoms with Gasteiger partial charge in [0, 0.05) is 29.7 Å². The molecule has 200 valence electrons. The van der Waals surface area contributed by atoms with Crippen molar-refractivity contribution in [3.63, 3.8) is 0 Å². The highest BCUT2D eigenvalue weighted by molar-refractivity contribution is 6.30. The topological polar surface area (TPSA) is 78.2 Å². The van der Waals surface area contributed by atoms with E-state index in [9.17, 15) is 27.2 Å². The van der Waals surface area contributed by atoms with Gasteiger partial charge in [-0.25, -0.2) is 9.07 Å². The highest BCUT2D eigenvalue weighted by atomic mass is 35.5. The zero-order chi connectivity index (χ0) is 27.8. The minimum atomic E-state index is -5.12. The largest absolute Gasteiger partial charge is 0.484 e. The van der Waals surface area contributed by atoms with Gasteiger partial charge in [0.2, 0.25) is 5.56 Å². The van der Waals surface area contributed by atoms with Crippen molar-refractivity contribution >= 4 is 28.4 Å². The van der Waals surface area contributed by atoms with Crippen LogP contribution in [0.1, 0.15) is 25.5 Å². The molecule has 1 N–H and O–H groups in total. The van der Waals surface area contributed by atoms with Gasteiger partial charge in [-0.3, -0.25) is 9.59 Å². The van der Waals surface area contributed by atoms with E-state index in [-0.39, 0.29) is 21.9 Å². The third kappa shape index (κ3) is 5.83. The zero-order valence-corrected chi connectivity index (χ0v) is 21.2. The van der Waals surface area contributed by atoms with Gasteiger partial charge in [-0.2, -0.15) is 18.3 Å². The van der Waals surface area contributed by atoms with Crippen LogP contribution in [0.2, 0.25) is 5.02 Å². The Morgan fingerprint density at radius 2 is 1.84 bits per heavy atom. The van der Waals surface area contributed by atoms with Gasteiger partial charge >= 0.3 is 12.1 Å². The van der Waals surface area contributed by atoms with Crippen LogP contribution in [0.15, 0.2) is 65.7 Å². The molecular weight excluding hydrogens is 528 g/mol. The molecule has 7 nitrogen and oxygen atoms in total. The first-order valence-corrected chi connectivity index (χ1v) is 11.9. The molecule has 2 aromatic carbocycles. The van der Waals surface area contributed by atoms with E-state index in [1.807, 2.05) is 5.32 Å². The number of carbonyl (C=O) groups excluding carboxylic acids is 1. The third-order valence-corrected chi connectivity index (χ3v) is 6.15. The minimum absolute atomic E-state index is 0.0206. The molecule has 2 atom stereocenters. The summed E-state index contributed by atoms with van der Waals surface area (Å²) in [5.41, 5.74) is 1.28. The summed E-state index contributed by atoms with van der Waals surface area (Å²) in [7, 11) is 1.62. The number of amides is 1. The lowest BCUT2D eigenvalue weighted by molar-refractivity contribution is -0.175. The Morgan fingerprint density at radius 1 is 1.11 bits per heavy atom. The molecule has 1 amide bonds. The highest BCUT2D eigenvalue weighted by Gasteiger charge is 2.42. The summed E-state index contributed by atoms with van der Waals surface area (Å²) >= 11 is 6.02. The van der Waals surface area contributed by atoms with Crippen LogP contribution in [0.3, 0.4) is 0 Å². The number of nitrogens with one attached hydrogen (secondary N) is 1. The first-order chi connectivity index (χ1) is 17.8. The zero-order valence-electron chi connectivity index (χ0n) is 20.5. The molecule has 4 rings (SSSR count). The van der Waals surface area contributed by atoms with Crippen LogP contribution in [-0.4, -0.2) is 32.5 Å². The number of hydrogen-bond acceptors (Lipinski definition) is 4. The van der Waals surface area contributed by atoms with E-state index in [0.717, 1.165) is 12.1 Å². The van der Waals surface area contributed by atoms with Crippen LogP contribution in [-0.2, 0) is 11.8 Å². The van der Waals surface area contributed by atoms with Crippen molar-refractivity contribution < 1.29 is 27.1 Å². The summed E-state index contributed by atoms with van der Waals surface area (Å²) in [6.07, 6.45) is -3.15. The molecule has 2 aromatic heterocycles. The van der Waals surface area contributed by atoms with Crippen LogP contribution in [0.4, 0.5) is 17.6 Å². The second-order valence-corrected chi connectivity index (χ2v) is 9.53. The standard InChI is InChI=1S/C26H23ClF4N4O3/c1-14(2)23(33-25(37)26(29,30)31)24(15-8-17(27)11-18(28)9-15)38-20-5-6-21-16(10-20)12-32-35(21)19-4-7-22(36)34(3)13-19/h4-14,23-24H,1-3H3,(H,33,37)/t23?,24-/m1/s1. The maximum Gasteiger partial charge on any atom is 0.471 e. The number of alkyl halides is 3. The maximum absolute atomic E-state index is 14.2. The highest BCUT2D eigenvalue weighted by Crippen LogP contribution is 2.33. The Bertz CT molecular complexity index is 1530. The Hall–Kier alpha value is -3.86. The minimum Gasteiger partial charge on any atom is -0.484 e. The molecule has 2 heterocycles. The second kappa shape index (κ2) is 10.5. The van der Waals surface area contributed by atoms with Gasteiger partial charge < -0.3 is 14.6 Å². The van der Waals surface area contributed by atoms with Gasteiger partial charge in [0.25, 0.3) is 0 Å². The fourth-order valence-corrected chi connectivity index (χ4v) is 4.28. The molecule has 0 radical (unpaired) electrons. The molecule has 38 heavy (non-hydrogen) atoms. The van der Waals surface area contributed by atoms with Crippen molar-refractivity contribution in [1.82, 2.24) is 19.7 Å². The number of nitrogens with zero attached hydrogens (tertiary/aromatic N) is 3. The first kappa shape index (κ1) is 27.2. The number of pyridine rings is 1. The SMILES string of the molecule is CC(C)C(NC(=O)C(F)(F)F)[C@H](Oc1ccc2c(cnn2-c2ccc(=O)n(C)c2)c1)c1cc(F)cc(Cl)c1. The summed E-state index contributed by atoms with van der Waals surface area (Å²) in [5, 5.41) is 7.01. The number of ether oxygens (including phenoxy) is 1. The van der Waals surface area contributed by atoms with Crippen LogP contribution in [0, 0.1) is 11.7 Å². The van der Waals surface area contributed by atoms with Crippen molar-refractivity contribution in [2.45, 2.75) is 32.2 Å². The van der Waals surface area contributed by atoms with Crippen LogP contribution >= 0.6 is 11.6 Å². The molecular formula is C26H23ClF4N4O3. The van der Waals surface area contributed by atoms with E-state index in [1.54, 1.807) is 62.2 Å². The average Bonchev–Trinajstić information content (AvgIpc) is 3.24. The predicted molar refractivity (Wildman–Crippen MR) is 134 cm³/mol. The fourth-order valence-electron chi connectivity index (χ4n) is 4.05. The number of aromatic nitrogens is 3. The van der Waals surface area contributed by atoms with E-state index < -0.39 is 36.0 Å². The molecule has 0 aliphatic heterocycles. The molecule has 0 bridgehead atoms. The summed E-state index contributed by atoms with van der Waals surface area (Å²) < 4.78 is 62.7. The third-order valence-electron chi connectivity index (χ3n) is 5.93. The van der Waals surface area contributed by atoms with Crippen LogP contribution in [0.25, 0.3) is 16.6 Å². The summed E-state index contributed by atoms with van der Waals surface area (Å²) in [6.45, 7) is 3.22. The molecule has 12 heteroatoms. The molecule has 0 saturated carbocycles. The fraction of sp³-hybridized carbons (Fsp3) is 0.269. The number of halogens is 5. The number of fused-ring (bicyclic) bond motifs is 1. The van der Waals surface area contributed by atoms with Gasteiger partial charge in [-0.1, -0.05) is 25.4 Å². The number of rotatable bonds is 7. The van der Waals surface area contributed by atoms with E-state index in [2.05, 4.69) is 5.10 Å². The normalized spacial score (nSPS) is 13.5. The number of aryl methyl sites for hydroxylation is 1. The van der Waals surface area contributed by atoms with Crippen molar-refractivity contribution in [3.8, 4) is 11.4 Å². The van der Waals surface area contributed by atoms with Gasteiger partial charge in [-0.15, -0.1) is 0 Å².